The molecule has 4 aliphatic rings. The Labute approximate surface area is 380 Å². The number of benzene rings is 9. The van der Waals surface area contributed by atoms with Crippen molar-refractivity contribution in [1.82, 2.24) is 0 Å². The number of ether oxygens (including phenoxy) is 1. The van der Waals surface area contributed by atoms with Crippen LogP contribution in [-0.2, 0) is 5.41 Å². The Kier molecular flexibility index (Phi) is 8.74. The second-order valence-corrected chi connectivity index (χ2v) is 17.8. The molecule has 13 rings (SSSR count). The van der Waals surface area contributed by atoms with Crippen molar-refractivity contribution in [3.63, 3.8) is 0 Å². The molecule has 3 aliphatic carbocycles. The number of nitrogens with zero attached hydrogens (tertiary/aromatic N) is 1. The number of rotatable bonds is 6. The molecule has 0 saturated heterocycles. The maximum atomic E-state index is 7.36. The van der Waals surface area contributed by atoms with Crippen molar-refractivity contribution in [2.24, 2.45) is 5.92 Å². The Morgan fingerprint density at radius 1 is 0.492 bits per heavy atom. The number of anilines is 2. The zero-order valence-electron chi connectivity index (χ0n) is 35.9. The van der Waals surface area contributed by atoms with Crippen LogP contribution in [0, 0.1) is 5.92 Å². The fourth-order valence-corrected chi connectivity index (χ4v) is 11.6. The molecular weight excluding hydrogens is 787 g/mol. The van der Waals surface area contributed by atoms with Gasteiger partial charge in [-0.3, -0.25) is 0 Å². The highest BCUT2D eigenvalue weighted by Crippen LogP contribution is 2.66. The van der Waals surface area contributed by atoms with Crippen LogP contribution < -0.4 is 9.64 Å². The Balaban J connectivity index is 1.03. The molecule has 9 aromatic carbocycles. The molecular formula is C63H45NO. The van der Waals surface area contributed by atoms with Crippen LogP contribution in [0.5, 0.6) is 5.75 Å². The number of allylic oxidation sites excluding steroid dienone is 3. The Morgan fingerprint density at radius 2 is 1.23 bits per heavy atom. The molecule has 2 heteroatoms. The summed E-state index contributed by atoms with van der Waals surface area (Å²) in [5.41, 5.74) is 19.1. The van der Waals surface area contributed by atoms with E-state index in [0.29, 0.717) is 0 Å². The minimum Gasteiger partial charge on any atom is -0.484 e. The van der Waals surface area contributed by atoms with Gasteiger partial charge in [-0.05, 0) is 104 Å². The fourth-order valence-electron chi connectivity index (χ4n) is 11.6. The van der Waals surface area contributed by atoms with Gasteiger partial charge in [0.2, 0.25) is 0 Å². The van der Waals surface area contributed by atoms with E-state index >= 15 is 0 Å². The fraction of sp³-hybridized carbons (Fsp3) is 0.0794. The maximum absolute atomic E-state index is 7.36. The van der Waals surface area contributed by atoms with E-state index in [0.717, 1.165) is 35.4 Å². The van der Waals surface area contributed by atoms with Crippen LogP contribution in [-0.4, -0.2) is 0 Å². The molecule has 2 nitrogen and oxygen atoms in total. The van der Waals surface area contributed by atoms with Crippen LogP contribution in [0.4, 0.5) is 11.4 Å². The predicted molar refractivity (Wildman–Crippen MR) is 269 cm³/mol. The van der Waals surface area contributed by atoms with Crippen LogP contribution in [0.2, 0.25) is 0 Å². The van der Waals surface area contributed by atoms with Crippen LogP contribution in [0.1, 0.15) is 46.8 Å². The Bertz CT molecular complexity index is 3430. The summed E-state index contributed by atoms with van der Waals surface area (Å²) in [7, 11) is 0. The highest BCUT2D eigenvalue weighted by Gasteiger charge is 2.57. The van der Waals surface area contributed by atoms with Gasteiger partial charge in [-0.15, -0.1) is 0 Å². The standard InChI is InChI=1S/C63H45NO/c1-4-18-42(19-5-1)46-36-39-59(54(41-46)43-20-6-2-7-21-43)64(48-25-8-3-9-26-48)49-27-16-24-47(40-49)50-31-17-33-56-60(50)53-30-14-15-32-55(53)63(56)57-37-34-44-22-10-12-28-51(44)61(57)65-62-52-29-13-11-23-45(52)35-38-58(62)63/h1-2,4-8,10-41,57,61H,3,9H2. The lowest BCUT2D eigenvalue weighted by Crippen LogP contribution is -2.45. The van der Waals surface area contributed by atoms with E-state index in [1.807, 2.05) is 0 Å². The average Bonchev–Trinajstić information content (AvgIpc) is 3.68. The molecule has 0 amide bonds. The molecule has 1 heterocycles. The Hall–Kier alpha value is -7.94. The smallest absolute Gasteiger partial charge is 0.132 e. The lowest BCUT2D eigenvalue weighted by molar-refractivity contribution is 0.105. The van der Waals surface area contributed by atoms with Gasteiger partial charge < -0.3 is 9.64 Å². The topological polar surface area (TPSA) is 12.5 Å². The molecule has 1 aliphatic heterocycles. The molecule has 0 saturated carbocycles. The van der Waals surface area contributed by atoms with Crippen LogP contribution >= 0.6 is 0 Å². The molecule has 1 spiro atoms. The molecule has 3 atom stereocenters. The van der Waals surface area contributed by atoms with E-state index in [9.17, 15) is 0 Å². The SMILES string of the molecule is C1=CC(N(c2cccc(-c3cccc4c3-c3ccccc3C43c4ccc5ccccc5c4OC4c5ccccc5C=CC43)c2)c2ccc(-c3ccccc3)cc2-c2ccccc2)=CCC1. The minimum absolute atomic E-state index is 0.0193. The molecule has 3 unspecified atom stereocenters. The second-order valence-electron chi connectivity index (χ2n) is 17.8. The number of hydrogen-bond acceptors (Lipinski definition) is 2. The zero-order valence-corrected chi connectivity index (χ0v) is 35.9. The van der Waals surface area contributed by atoms with Gasteiger partial charge in [0.25, 0.3) is 0 Å². The van der Waals surface area contributed by atoms with Gasteiger partial charge in [-0.25, -0.2) is 0 Å². The van der Waals surface area contributed by atoms with Gasteiger partial charge in [0.1, 0.15) is 11.9 Å². The van der Waals surface area contributed by atoms with Crippen molar-refractivity contribution in [2.75, 3.05) is 4.90 Å². The molecule has 0 bridgehead atoms. The zero-order chi connectivity index (χ0) is 42.9. The summed E-state index contributed by atoms with van der Waals surface area (Å²) in [6.45, 7) is 0. The summed E-state index contributed by atoms with van der Waals surface area (Å²) >= 11 is 0. The first-order chi connectivity index (χ1) is 32.3. The van der Waals surface area contributed by atoms with Crippen LogP contribution in [0.3, 0.4) is 0 Å². The van der Waals surface area contributed by atoms with Gasteiger partial charge in [0.15, 0.2) is 0 Å². The van der Waals surface area contributed by atoms with Gasteiger partial charge in [-0.2, -0.15) is 0 Å². The molecule has 308 valence electrons. The Morgan fingerprint density at radius 3 is 2.11 bits per heavy atom. The van der Waals surface area contributed by atoms with Gasteiger partial charge in [0, 0.05) is 39.4 Å². The van der Waals surface area contributed by atoms with Crippen molar-refractivity contribution in [3.05, 3.63) is 264 Å². The first kappa shape index (κ1) is 37.6. The van der Waals surface area contributed by atoms with Gasteiger partial charge in [0.05, 0.1) is 11.1 Å². The van der Waals surface area contributed by atoms with Crippen molar-refractivity contribution in [1.29, 1.82) is 0 Å². The average molecular weight is 832 g/mol. The summed E-state index contributed by atoms with van der Waals surface area (Å²) in [5.74, 6) is 1.01. The minimum atomic E-state index is -0.499. The highest BCUT2D eigenvalue weighted by atomic mass is 16.5. The first-order valence-corrected chi connectivity index (χ1v) is 23.0. The predicted octanol–water partition coefficient (Wildman–Crippen LogP) is 16.3. The third-order valence-electron chi connectivity index (χ3n) is 14.3. The second kappa shape index (κ2) is 15.1. The van der Waals surface area contributed by atoms with Gasteiger partial charge in [-0.1, -0.05) is 206 Å². The lowest BCUT2D eigenvalue weighted by atomic mass is 9.58. The molecule has 65 heavy (non-hydrogen) atoms. The van der Waals surface area contributed by atoms with Gasteiger partial charge >= 0.3 is 0 Å². The normalized spacial score (nSPS) is 18.5. The molecule has 0 radical (unpaired) electrons. The number of hydrogen-bond donors (Lipinski definition) is 0. The summed E-state index contributed by atoms with van der Waals surface area (Å²) in [5, 5.41) is 2.34. The summed E-state index contributed by atoms with van der Waals surface area (Å²) in [6, 6.07) is 76.1. The largest absolute Gasteiger partial charge is 0.484 e. The third kappa shape index (κ3) is 5.80. The van der Waals surface area contributed by atoms with E-state index in [1.54, 1.807) is 0 Å². The van der Waals surface area contributed by atoms with Crippen molar-refractivity contribution in [3.8, 4) is 50.3 Å². The quantitative estimate of drug-likeness (QED) is 0.165. The van der Waals surface area contributed by atoms with E-state index in [1.165, 1.54) is 83.4 Å². The van der Waals surface area contributed by atoms with E-state index in [4.69, 9.17) is 4.74 Å². The highest BCUT2D eigenvalue weighted by molar-refractivity contribution is 5.98. The summed E-state index contributed by atoms with van der Waals surface area (Å²) < 4.78 is 7.36. The third-order valence-corrected chi connectivity index (χ3v) is 14.3. The monoisotopic (exact) mass is 831 g/mol. The summed E-state index contributed by atoms with van der Waals surface area (Å²) in [4.78, 5) is 2.48. The first-order valence-electron chi connectivity index (χ1n) is 23.0. The van der Waals surface area contributed by atoms with Crippen molar-refractivity contribution in [2.45, 2.75) is 24.4 Å². The summed E-state index contributed by atoms with van der Waals surface area (Å²) in [6.07, 6.45) is 13.7. The maximum Gasteiger partial charge on any atom is 0.132 e. The molecule has 0 N–H and O–H groups in total. The van der Waals surface area contributed by atoms with E-state index < -0.39 is 5.41 Å². The van der Waals surface area contributed by atoms with Crippen LogP contribution in [0.15, 0.2) is 236 Å². The molecule has 0 fully saturated rings. The van der Waals surface area contributed by atoms with E-state index in [-0.39, 0.29) is 12.0 Å². The van der Waals surface area contributed by atoms with Crippen molar-refractivity contribution < 1.29 is 4.74 Å². The van der Waals surface area contributed by atoms with Crippen LogP contribution in [0.25, 0.3) is 61.4 Å². The molecule has 0 aromatic heterocycles. The van der Waals surface area contributed by atoms with E-state index in [2.05, 4.69) is 242 Å². The lowest BCUT2D eigenvalue weighted by Gasteiger charge is -2.49. The molecule has 9 aromatic rings. The number of fused-ring (bicyclic) bond motifs is 13. The van der Waals surface area contributed by atoms with Crippen molar-refractivity contribution >= 4 is 28.2 Å².